The van der Waals surface area contributed by atoms with Crippen molar-refractivity contribution in [1.29, 1.82) is 0 Å². The molecule has 1 fully saturated rings. The van der Waals surface area contributed by atoms with Crippen molar-refractivity contribution in [2.75, 3.05) is 26.3 Å². The molecule has 0 bridgehead atoms. The van der Waals surface area contributed by atoms with Gasteiger partial charge in [0.2, 0.25) is 0 Å². The van der Waals surface area contributed by atoms with Gasteiger partial charge in [-0.1, -0.05) is 0 Å². The average Bonchev–Trinajstić information content (AvgIpc) is 2.75. The molecule has 1 aromatic rings. The molecule has 1 aromatic heterocycles. The molecule has 1 atom stereocenters. The third-order valence-corrected chi connectivity index (χ3v) is 3.95. The molecule has 7 nitrogen and oxygen atoms in total. The minimum absolute atomic E-state index is 0.187. The van der Waals surface area contributed by atoms with Gasteiger partial charge in [-0.15, -0.1) is 0 Å². The highest BCUT2D eigenvalue weighted by atomic mass is 79.9. The highest BCUT2D eigenvalue weighted by Gasteiger charge is 2.28. The van der Waals surface area contributed by atoms with Crippen LogP contribution in [0.3, 0.4) is 0 Å². The van der Waals surface area contributed by atoms with E-state index < -0.39 is 5.60 Å². The fourth-order valence-electron chi connectivity index (χ4n) is 1.99. The van der Waals surface area contributed by atoms with Gasteiger partial charge in [0.25, 0.3) is 0 Å². The lowest BCUT2D eigenvalue weighted by atomic mass is 10.2. The van der Waals surface area contributed by atoms with E-state index in [1.807, 2.05) is 27.8 Å². The zero-order valence-electron chi connectivity index (χ0n) is 13.3. The Morgan fingerprint density at radius 1 is 1.55 bits per heavy atom. The second-order valence-corrected chi connectivity index (χ2v) is 6.90. The van der Waals surface area contributed by atoms with Crippen molar-refractivity contribution < 1.29 is 19.0 Å². The number of halogens is 1. The Hall–Kier alpha value is -1.28. The van der Waals surface area contributed by atoms with Crippen molar-refractivity contribution in [3.8, 4) is 5.75 Å². The number of nitrogens with zero attached hydrogens (tertiary/aromatic N) is 3. The molecule has 2 rings (SSSR count). The minimum Gasteiger partial charge on any atom is -0.486 e. The predicted molar refractivity (Wildman–Crippen MR) is 84.0 cm³/mol. The Bertz CT molecular complexity index is 527. The number of hydrogen-bond acceptors (Lipinski definition) is 5. The first kappa shape index (κ1) is 17.1. The van der Waals surface area contributed by atoms with Gasteiger partial charge in [-0.3, -0.25) is 4.68 Å². The van der Waals surface area contributed by atoms with Crippen molar-refractivity contribution in [1.82, 2.24) is 14.7 Å². The van der Waals surface area contributed by atoms with Crippen LogP contribution in [0.4, 0.5) is 4.79 Å². The SMILES string of the molecule is Cn1ncc(OC[C@H]2CN(C(=O)OC(C)(C)C)CCO2)c1Br. The van der Waals surface area contributed by atoms with E-state index in [4.69, 9.17) is 14.2 Å². The number of rotatable bonds is 3. The van der Waals surface area contributed by atoms with Crippen LogP contribution in [-0.2, 0) is 16.5 Å². The number of carbonyl (C=O) groups is 1. The summed E-state index contributed by atoms with van der Waals surface area (Å²) >= 11 is 3.39. The molecule has 0 aliphatic carbocycles. The number of aryl methyl sites for hydroxylation is 1. The molecule has 22 heavy (non-hydrogen) atoms. The van der Waals surface area contributed by atoms with E-state index in [9.17, 15) is 4.79 Å². The van der Waals surface area contributed by atoms with Crippen LogP contribution in [0.25, 0.3) is 0 Å². The molecule has 1 amide bonds. The summed E-state index contributed by atoms with van der Waals surface area (Å²) in [6, 6.07) is 0. The van der Waals surface area contributed by atoms with E-state index in [2.05, 4.69) is 21.0 Å². The number of morpholine rings is 1. The lowest BCUT2D eigenvalue weighted by molar-refractivity contribution is -0.0557. The molecule has 0 aromatic carbocycles. The summed E-state index contributed by atoms with van der Waals surface area (Å²) in [4.78, 5) is 13.7. The summed E-state index contributed by atoms with van der Waals surface area (Å²) in [6.07, 6.45) is 1.13. The predicted octanol–water partition coefficient (Wildman–Crippen LogP) is 2.20. The topological polar surface area (TPSA) is 65.8 Å². The van der Waals surface area contributed by atoms with Gasteiger partial charge in [-0.05, 0) is 36.7 Å². The number of carbonyl (C=O) groups excluding carboxylic acids is 1. The minimum atomic E-state index is -0.498. The monoisotopic (exact) mass is 375 g/mol. The Morgan fingerprint density at radius 2 is 2.27 bits per heavy atom. The average molecular weight is 376 g/mol. The van der Waals surface area contributed by atoms with Crippen LogP contribution in [0.2, 0.25) is 0 Å². The molecule has 124 valence electrons. The standard InChI is InChI=1S/C14H22BrN3O4/c1-14(2,3)22-13(19)18-5-6-20-10(8-18)9-21-11-7-16-17(4)12(11)15/h7,10H,5-6,8-9H2,1-4H3/t10-/m1/s1. The number of aromatic nitrogens is 2. The van der Waals surface area contributed by atoms with Crippen LogP contribution in [-0.4, -0.2) is 58.8 Å². The molecule has 1 saturated heterocycles. The quantitative estimate of drug-likeness (QED) is 0.809. The zero-order chi connectivity index (χ0) is 16.3. The van der Waals surface area contributed by atoms with E-state index in [-0.39, 0.29) is 12.2 Å². The molecule has 0 spiro atoms. The third kappa shape index (κ3) is 4.61. The molecule has 0 saturated carbocycles. The van der Waals surface area contributed by atoms with Gasteiger partial charge in [-0.25, -0.2) is 4.79 Å². The molecule has 1 aliphatic rings. The Balaban J connectivity index is 1.85. The second-order valence-electron chi connectivity index (χ2n) is 6.15. The molecule has 1 aliphatic heterocycles. The maximum Gasteiger partial charge on any atom is 0.410 e. The summed E-state index contributed by atoms with van der Waals surface area (Å²) in [6.45, 7) is 7.36. The summed E-state index contributed by atoms with van der Waals surface area (Å²) in [5.41, 5.74) is -0.498. The molecular weight excluding hydrogens is 354 g/mol. The van der Waals surface area contributed by atoms with E-state index in [0.717, 1.165) is 4.60 Å². The van der Waals surface area contributed by atoms with Gasteiger partial charge in [0.1, 0.15) is 22.9 Å². The van der Waals surface area contributed by atoms with Gasteiger partial charge in [0.15, 0.2) is 5.75 Å². The van der Waals surface area contributed by atoms with Gasteiger partial charge in [0.05, 0.1) is 19.3 Å². The van der Waals surface area contributed by atoms with Crippen LogP contribution >= 0.6 is 15.9 Å². The summed E-state index contributed by atoms with van der Waals surface area (Å²) in [5, 5.41) is 4.08. The lowest BCUT2D eigenvalue weighted by Crippen LogP contribution is -2.49. The van der Waals surface area contributed by atoms with Crippen LogP contribution in [0.15, 0.2) is 10.8 Å². The van der Waals surface area contributed by atoms with Gasteiger partial charge >= 0.3 is 6.09 Å². The van der Waals surface area contributed by atoms with Crippen molar-refractivity contribution in [3.63, 3.8) is 0 Å². The van der Waals surface area contributed by atoms with E-state index in [0.29, 0.717) is 32.1 Å². The second kappa shape index (κ2) is 6.87. The number of amides is 1. The van der Waals surface area contributed by atoms with Crippen molar-refractivity contribution in [2.24, 2.45) is 7.05 Å². The maximum absolute atomic E-state index is 12.1. The van der Waals surface area contributed by atoms with Gasteiger partial charge in [0, 0.05) is 13.6 Å². The van der Waals surface area contributed by atoms with Crippen LogP contribution in [0.5, 0.6) is 5.75 Å². The lowest BCUT2D eigenvalue weighted by Gasteiger charge is -2.34. The first-order valence-electron chi connectivity index (χ1n) is 7.16. The summed E-state index contributed by atoms with van der Waals surface area (Å²) in [5.74, 6) is 0.653. The fraction of sp³-hybridized carbons (Fsp3) is 0.714. The highest BCUT2D eigenvalue weighted by molar-refractivity contribution is 9.10. The van der Waals surface area contributed by atoms with Crippen LogP contribution < -0.4 is 4.74 Å². The van der Waals surface area contributed by atoms with Crippen molar-refractivity contribution >= 4 is 22.0 Å². The summed E-state index contributed by atoms with van der Waals surface area (Å²) < 4.78 is 19.2. The summed E-state index contributed by atoms with van der Waals surface area (Å²) in [7, 11) is 1.82. The normalized spacial score (nSPS) is 19.1. The number of hydrogen-bond donors (Lipinski definition) is 0. The van der Waals surface area contributed by atoms with E-state index >= 15 is 0 Å². The Kier molecular flexibility index (Phi) is 5.33. The first-order valence-corrected chi connectivity index (χ1v) is 7.95. The fourth-order valence-corrected chi connectivity index (χ4v) is 2.30. The smallest absolute Gasteiger partial charge is 0.410 e. The molecule has 8 heteroatoms. The largest absolute Gasteiger partial charge is 0.486 e. The van der Waals surface area contributed by atoms with E-state index in [1.165, 1.54) is 0 Å². The highest BCUT2D eigenvalue weighted by Crippen LogP contribution is 2.23. The van der Waals surface area contributed by atoms with E-state index in [1.54, 1.807) is 15.8 Å². The van der Waals surface area contributed by atoms with Gasteiger partial charge < -0.3 is 19.1 Å². The molecule has 2 heterocycles. The first-order chi connectivity index (χ1) is 10.3. The Labute approximate surface area is 138 Å². The van der Waals surface area contributed by atoms with Crippen molar-refractivity contribution in [3.05, 3.63) is 10.8 Å². The number of ether oxygens (including phenoxy) is 3. The zero-order valence-corrected chi connectivity index (χ0v) is 14.9. The maximum atomic E-state index is 12.1. The third-order valence-electron chi connectivity index (χ3n) is 3.05. The van der Waals surface area contributed by atoms with Crippen LogP contribution in [0.1, 0.15) is 20.8 Å². The van der Waals surface area contributed by atoms with Gasteiger partial charge in [-0.2, -0.15) is 5.10 Å². The molecule has 0 N–H and O–H groups in total. The molecule has 0 unspecified atom stereocenters. The van der Waals surface area contributed by atoms with Crippen LogP contribution in [0, 0.1) is 0 Å². The molecule has 0 radical (unpaired) electrons. The Morgan fingerprint density at radius 3 is 2.86 bits per heavy atom. The molecular formula is C14H22BrN3O4. The van der Waals surface area contributed by atoms with Crippen molar-refractivity contribution in [2.45, 2.75) is 32.5 Å².